The quantitative estimate of drug-likeness (QED) is 0.617. The zero-order valence-corrected chi connectivity index (χ0v) is 16.1. The maximum atomic E-state index is 12.7. The fourth-order valence-corrected chi connectivity index (χ4v) is 4.61. The molecule has 1 aliphatic rings. The van der Waals surface area contributed by atoms with E-state index >= 15 is 0 Å². The molecular weight excluding hydrogens is 356 g/mol. The van der Waals surface area contributed by atoms with Crippen molar-refractivity contribution in [1.29, 1.82) is 0 Å². The zero-order valence-electron chi connectivity index (χ0n) is 15.3. The molecule has 1 amide bonds. The summed E-state index contributed by atoms with van der Waals surface area (Å²) in [6, 6.07) is 15.9. The van der Waals surface area contributed by atoms with Crippen LogP contribution in [-0.2, 0) is 4.79 Å². The molecule has 0 aliphatic carbocycles. The van der Waals surface area contributed by atoms with Gasteiger partial charge in [-0.1, -0.05) is 30.3 Å². The Morgan fingerprint density at radius 1 is 1.22 bits per heavy atom. The van der Waals surface area contributed by atoms with Gasteiger partial charge in [0.05, 0.1) is 22.3 Å². The van der Waals surface area contributed by atoms with Crippen LogP contribution in [-0.4, -0.2) is 36.0 Å². The van der Waals surface area contributed by atoms with Crippen molar-refractivity contribution in [2.24, 2.45) is 0 Å². The number of carbonyl (C=O) groups is 1. The van der Waals surface area contributed by atoms with E-state index in [4.69, 9.17) is 9.72 Å². The molecule has 3 aromatic rings. The highest BCUT2D eigenvalue weighted by molar-refractivity contribution is 7.18. The minimum Gasteiger partial charge on any atom is -0.496 e. The van der Waals surface area contributed by atoms with Crippen LogP contribution in [0.1, 0.15) is 29.3 Å². The molecule has 0 unspecified atom stereocenters. The summed E-state index contributed by atoms with van der Waals surface area (Å²) in [6.45, 7) is 1.53. The minimum atomic E-state index is 0.0479. The van der Waals surface area contributed by atoms with Crippen LogP contribution in [0, 0.1) is 0 Å². The van der Waals surface area contributed by atoms with E-state index in [-0.39, 0.29) is 5.91 Å². The number of rotatable bonds is 4. The van der Waals surface area contributed by atoms with Crippen LogP contribution in [0.25, 0.3) is 16.3 Å². The second-order valence-corrected chi connectivity index (χ2v) is 7.78. The summed E-state index contributed by atoms with van der Waals surface area (Å²) < 4.78 is 6.56. The van der Waals surface area contributed by atoms with Gasteiger partial charge >= 0.3 is 0 Å². The third kappa shape index (κ3) is 3.88. The van der Waals surface area contributed by atoms with Crippen molar-refractivity contribution >= 4 is 33.5 Å². The summed E-state index contributed by atoms with van der Waals surface area (Å²) in [5, 5.41) is 1.14. The number of hydrogen-bond acceptors (Lipinski definition) is 4. The van der Waals surface area contributed by atoms with E-state index in [1.54, 1.807) is 24.5 Å². The Kier molecular flexibility index (Phi) is 5.21. The van der Waals surface area contributed by atoms with Gasteiger partial charge in [-0.3, -0.25) is 4.79 Å². The largest absolute Gasteiger partial charge is 0.496 e. The topological polar surface area (TPSA) is 42.4 Å². The number of ether oxygens (including phenoxy) is 1. The number of methoxy groups -OCH3 is 1. The van der Waals surface area contributed by atoms with Crippen molar-refractivity contribution in [3.63, 3.8) is 0 Å². The molecule has 0 radical (unpaired) electrons. The van der Waals surface area contributed by atoms with Gasteiger partial charge in [-0.05, 0) is 37.1 Å². The van der Waals surface area contributed by atoms with Crippen LogP contribution in [0.3, 0.4) is 0 Å². The molecular formula is C22H22N2O2S. The van der Waals surface area contributed by atoms with Crippen LogP contribution >= 0.6 is 11.3 Å². The van der Waals surface area contributed by atoms with Gasteiger partial charge < -0.3 is 9.64 Å². The number of aromatic nitrogens is 1. The smallest absolute Gasteiger partial charge is 0.246 e. The van der Waals surface area contributed by atoms with Gasteiger partial charge in [-0.2, -0.15) is 0 Å². The molecule has 0 spiro atoms. The van der Waals surface area contributed by atoms with Crippen molar-refractivity contribution in [2.75, 3.05) is 20.2 Å². The second kappa shape index (κ2) is 7.92. The summed E-state index contributed by atoms with van der Waals surface area (Å²) >= 11 is 1.75. The van der Waals surface area contributed by atoms with E-state index in [1.165, 1.54) is 4.70 Å². The highest BCUT2D eigenvalue weighted by Gasteiger charge is 2.26. The van der Waals surface area contributed by atoms with E-state index in [1.807, 2.05) is 47.4 Å². The number of para-hydroxylation sites is 2. The molecule has 1 fully saturated rings. The average Bonchev–Trinajstić information content (AvgIpc) is 3.16. The molecule has 1 aromatic heterocycles. The van der Waals surface area contributed by atoms with Gasteiger partial charge in [-0.15, -0.1) is 11.3 Å². The summed E-state index contributed by atoms with van der Waals surface area (Å²) in [6.07, 6.45) is 5.58. The highest BCUT2D eigenvalue weighted by atomic mass is 32.1. The van der Waals surface area contributed by atoms with Gasteiger partial charge in [0.15, 0.2) is 0 Å². The standard InChI is InChI=1S/C22H22N2O2S/c1-26-19-10-4-2-7-16(19)12-13-21(25)24-14-6-8-17(15-24)22-23-18-9-3-5-11-20(18)27-22/h2-5,7,9-13,17H,6,8,14-15H2,1H3/b13-12+/t17-/m1/s1. The van der Waals surface area contributed by atoms with Crippen LogP contribution in [0.15, 0.2) is 54.6 Å². The molecule has 2 heterocycles. The number of likely N-dealkylation sites (tertiary alicyclic amines) is 1. The highest BCUT2D eigenvalue weighted by Crippen LogP contribution is 2.33. The lowest BCUT2D eigenvalue weighted by Crippen LogP contribution is -2.38. The van der Waals surface area contributed by atoms with Crippen LogP contribution in [0.4, 0.5) is 0 Å². The first-order valence-electron chi connectivity index (χ1n) is 9.20. The lowest BCUT2D eigenvalue weighted by atomic mass is 9.98. The Labute approximate surface area is 163 Å². The summed E-state index contributed by atoms with van der Waals surface area (Å²) in [4.78, 5) is 19.4. The van der Waals surface area contributed by atoms with Crippen molar-refractivity contribution < 1.29 is 9.53 Å². The SMILES string of the molecule is COc1ccccc1/C=C/C(=O)N1CCC[C@@H](c2nc3ccccc3s2)C1. The average molecular weight is 378 g/mol. The number of fused-ring (bicyclic) bond motifs is 1. The molecule has 138 valence electrons. The Bertz CT molecular complexity index is 946. The lowest BCUT2D eigenvalue weighted by molar-refractivity contribution is -0.127. The van der Waals surface area contributed by atoms with Gasteiger partial charge in [-0.25, -0.2) is 4.98 Å². The Morgan fingerprint density at radius 2 is 2.04 bits per heavy atom. The molecule has 1 aliphatic heterocycles. The van der Waals surface area contributed by atoms with Crippen molar-refractivity contribution in [1.82, 2.24) is 9.88 Å². The first kappa shape index (κ1) is 17.7. The predicted molar refractivity (Wildman–Crippen MR) is 110 cm³/mol. The first-order valence-corrected chi connectivity index (χ1v) is 10.0. The van der Waals surface area contributed by atoms with Crippen molar-refractivity contribution in [3.05, 3.63) is 65.2 Å². The lowest BCUT2D eigenvalue weighted by Gasteiger charge is -2.31. The summed E-state index contributed by atoms with van der Waals surface area (Å²) in [5.41, 5.74) is 1.96. The van der Waals surface area contributed by atoms with Crippen molar-refractivity contribution in [2.45, 2.75) is 18.8 Å². The molecule has 4 rings (SSSR count). The molecule has 1 atom stereocenters. The van der Waals surface area contributed by atoms with Gasteiger partial charge in [0, 0.05) is 30.6 Å². The number of carbonyl (C=O) groups excluding carboxylic acids is 1. The molecule has 0 N–H and O–H groups in total. The van der Waals surface area contributed by atoms with Crippen molar-refractivity contribution in [3.8, 4) is 5.75 Å². The van der Waals surface area contributed by atoms with Gasteiger partial charge in [0.2, 0.25) is 5.91 Å². The molecule has 1 saturated heterocycles. The first-order chi connectivity index (χ1) is 13.2. The third-order valence-corrected chi connectivity index (χ3v) is 6.14. The van der Waals surface area contributed by atoms with E-state index < -0.39 is 0 Å². The summed E-state index contributed by atoms with van der Waals surface area (Å²) in [5.74, 6) is 1.14. The summed E-state index contributed by atoms with van der Waals surface area (Å²) in [7, 11) is 1.64. The Balaban J connectivity index is 1.47. The maximum absolute atomic E-state index is 12.7. The van der Waals surface area contributed by atoms with Gasteiger partial charge in [0.25, 0.3) is 0 Å². The van der Waals surface area contributed by atoms with E-state index in [2.05, 4.69) is 12.1 Å². The van der Waals surface area contributed by atoms with Crippen LogP contribution in [0.5, 0.6) is 5.75 Å². The number of benzene rings is 2. The number of amides is 1. The second-order valence-electron chi connectivity index (χ2n) is 6.72. The van der Waals surface area contributed by atoms with Crippen LogP contribution < -0.4 is 4.74 Å². The number of hydrogen-bond donors (Lipinski definition) is 0. The normalized spacial score (nSPS) is 17.5. The molecule has 27 heavy (non-hydrogen) atoms. The fourth-order valence-electron chi connectivity index (χ4n) is 3.51. The fraction of sp³-hybridized carbons (Fsp3) is 0.273. The molecule has 0 saturated carbocycles. The number of thiazole rings is 1. The molecule has 2 aromatic carbocycles. The van der Waals surface area contributed by atoms with E-state index in [9.17, 15) is 4.79 Å². The number of piperidine rings is 1. The molecule has 4 nitrogen and oxygen atoms in total. The monoisotopic (exact) mass is 378 g/mol. The molecule has 5 heteroatoms. The minimum absolute atomic E-state index is 0.0479. The zero-order chi connectivity index (χ0) is 18.6. The Hall–Kier alpha value is -2.66. The van der Waals surface area contributed by atoms with Gasteiger partial charge in [0.1, 0.15) is 5.75 Å². The number of nitrogens with zero attached hydrogens (tertiary/aromatic N) is 2. The van der Waals surface area contributed by atoms with E-state index in [0.717, 1.165) is 47.8 Å². The van der Waals surface area contributed by atoms with Crippen LogP contribution in [0.2, 0.25) is 0 Å². The Morgan fingerprint density at radius 3 is 2.89 bits per heavy atom. The predicted octanol–water partition coefficient (Wildman–Crippen LogP) is 4.72. The molecule has 0 bridgehead atoms. The maximum Gasteiger partial charge on any atom is 0.246 e. The van der Waals surface area contributed by atoms with E-state index in [0.29, 0.717) is 5.92 Å². The third-order valence-electron chi connectivity index (χ3n) is 4.94.